The zero-order valence-electron chi connectivity index (χ0n) is 25.4. The lowest BCUT2D eigenvalue weighted by Crippen LogP contribution is -2.40. The first-order valence-electron chi connectivity index (χ1n) is 15.1. The number of fused-ring (bicyclic) bond motifs is 1. The zero-order chi connectivity index (χ0) is 29.5. The fourth-order valence-electron chi connectivity index (χ4n) is 6.18. The van der Waals surface area contributed by atoms with Gasteiger partial charge in [0, 0.05) is 70.9 Å². The van der Waals surface area contributed by atoms with E-state index in [2.05, 4.69) is 28.7 Å². The lowest BCUT2D eigenvalue weighted by atomic mass is 10.1. The van der Waals surface area contributed by atoms with E-state index in [4.69, 9.17) is 0 Å². The summed E-state index contributed by atoms with van der Waals surface area (Å²) in [5, 5.41) is 0. The Hall–Kier alpha value is -3.33. The number of hydrogen-bond acceptors (Lipinski definition) is 6. The Bertz CT molecular complexity index is 1230. The molecule has 1 atom stereocenters. The van der Waals surface area contributed by atoms with E-state index in [-0.39, 0.29) is 23.8 Å². The molecule has 2 aliphatic heterocycles. The second-order valence-electron chi connectivity index (χ2n) is 11.9. The molecular weight excluding hydrogens is 516 g/mol. The third-order valence-corrected chi connectivity index (χ3v) is 8.05. The summed E-state index contributed by atoms with van der Waals surface area (Å²) in [5.41, 5.74) is 3.57. The van der Waals surface area contributed by atoms with Gasteiger partial charge in [-0.1, -0.05) is 32.0 Å². The van der Waals surface area contributed by atoms with Crippen molar-refractivity contribution in [3.8, 4) is 0 Å². The van der Waals surface area contributed by atoms with Gasteiger partial charge >= 0.3 is 0 Å². The van der Waals surface area contributed by atoms with Crippen LogP contribution in [0.2, 0.25) is 0 Å². The van der Waals surface area contributed by atoms with Crippen molar-refractivity contribution in [2.75, 3.05) is 44.2 Å². The van der Waals surface area contributed by atoms with E-state index in [1.807, 2.05) is 52.0 Å². The normalized spacial score (nSPS) is 18.8. The van der Waals surface area contributed by atoms with Gasteiger partial charge in [-0.2, -0.15) is 0 Å². The van der Waals surface area contributed by atoms with E-state index in [9.17, 15) is 14.4 Å². The Morgan fingerprint density at radius 3 is 2.46 bits per heavy atom. The number of carbonyl (C=O) groups excluding carboxylic acids is 3. The van der Waals surface area contributed by atoms with Crippen molar-refractivity contribution in [1.29, 1.82) is 0 Å². The predicted octanol–water partition coefficient (Wildman–Crippen LogP) is 4.14. The van der Waals surface area contributed by atoms with Crippen LogP contribution in [-0.2, 0) is 27.3 Å². The summed E-state index contributed by atoms with van der Waals surface area (Å²) in [4.78, 5) is 56.0. The number of aromatic nitrogens is 2. The number of carbonyl (C=O) groups is 3. The Morgan fingerprint density at radius 2 is 1.73 bits per heavy atom. The quantitative estimate of drug-likeness (QED) is 0.526. The van der Waals surface area contributed by atoms with Gasteiger partial charge in [0.25, 0.3) is 0 Å². The van der Waals surface area contributed by atoms with Crippen LogP contribution in [0, 0.1) is 12.8 Å². The van der Waals surface area contributed by atoms with Gasteiger partial charge in [0.1, 0.15) is 5.82 Å². The highest BCUT2D eigenvalue weighted by Gasteiger charge is 2.29. The van der Waals surface area contributed by atoms with E-state index < -0.39 is 0 Å². The van der Waals surface area contributed by atoms with Crippen LogP contribution in [0.3, 0.4) is 0 Å². The molecule has 2 aliphatic rings. The van der Waals surface area contributed by atoms with Gasteiger partial charge in [-0.25, -0.2) is 9.97 Å². The fraction of sp³-hybridized carbons (Fsp3) is 0.594. The molecule has 2 aromatic rings. The molecule has 0 bridgehead atoms. The number of nitrogens with zero attached hydrogens (tertiary/aromatic N) is 6. The van der Waals surface area contributed by atoms with Crippen LogP contribution < -0.4 is 4.90 Å². The number of anilines is 1. The number of likely N-dealkylation sites (tertiary alicyclic amines) is 1. The highest BCUT2D eigenvalue weighted by atomic mass is 16.2. The highest BCUT2D eigenvalue weighted by molar-refractivity contribution is 5.92. The Labute approximate surface area is 244 Å². The van der Waals surface area contributed by atoms with Crippen molar-refractivity contribution < 1.29 is 14.4 Å². The molecule has 9 heteroatoms. The average Bonchev–Trinajstić information content (AvgIpc) is 3.41. The molecule has 0 radical (unpaired) electrons. The van der Waals surface area contributed by atoms with Crippen molar-refractivity contribution >= 4 is 23.4 Å². The van der Waals surface area contributed by atoms with Crippen LogP contribution in [0.25, 0.3) is 0 Å². The topological polar surface area (TPSA) is 90.0 Å². The Morgan fingerprint density at radius 1 is 0.951 bits per heavy atom. The summed E-state index contributed by atoms with van der Waals surface area (Å²) in [6.07, 6.45) is 3.58. The second-order valence-corrected chi connectivity index (χ2v) is 11.9. The number of amides is 3. The van der Waals surface area contributed by atoms with Crippen LogP contribution in [0.15, 0.2) is 30.3 Å². The van der Waals surface area contributed by atoms with Crippen molar-refractivity contribution in [2.24, 2.45) is 5.92 Å². The van der Waals surface area contributed by atoms with E-state index in [1.165, 1.54) is 0 Å². The van der Waals surface area contributed by atoms with Crippen molar-refractivity contribution in [3.63, 3.8) is 0 Å². The van der Waals surface area contributed by atoms with Gasteiger partial charge in [0.15, 0.2) is 0 Å². The molecule has 1 aromatic carbocycles. The number of benzene rings is 1. The van der Waals surface area contributed by atoms with Gasteiger partial charge in [0.05, 0.1) is 11.7 Å². The zero-order valence-corrected chi connectivity index (χ0v) is 25.4. The maximum absolute atomic E-state index is 13.8. The SMILES string of the molecule is CC(=O)N1CCCN(CC(C)C)CCN(C(=O)CCc2cc(C3CCCN3C(C)=O)nc(C)n2)Cc2ccccc21. The van der Waals surface area contributed by atoms with Crippen LogP contribution >= 0.6 is 0 Å². The minimum Gasteiger partial charge on any atom is -0.337 e. The number of aryl methyl sites for hydroxylation is 2. The van der Waals surface area contributed by atoms with Gasteiger partial charge in [-0.05, 0) is 62.8 Å². The van der Waals surface area contributed by atoms with E-state index in [1.54, 1.807) is 13.8 Å². The van der Waals surface area contributed by atoms with Crippen LogP contribution in [0.4, 0.5) is 5.69 Å². The molecule has 3 amide bonds. The standard InChI is InChI=1S/C32H46N6O3/c1-23(2)21-35-15-9-17-37(25(4)39)30-11-7-6-10-27(30)22-36(19-18-35)32(41)14-13-28-20-29(34-24(3)33-28)31-12-8-16-38(31)26(5)40/h6-7,10-11,20,23,31H,8-9,12-19,21-22H2,1-5H3. The van der Waals surface area contributed by atoms with Crippen molar-refractivity contribution in [1.82, 2.24) is 24.7 Å². The lowest BCUT2D eigenvalue weighted by Gasteiger charge is -2.29. The molecule has 9 nitrogen and oxygen atoms in total. The summed E-state index contributed by atoms with van der Waals surface area (Å²) in [5.74, 6) is 1.33. The molecule has 0 aliphatic carbocycles. The van der Waals surface area contributed by atoms with E-state index >= 15 is 0 Å². The first-order valence-corrected chi connectivity index (χ1v) is 15.1. The second kappa shape index (κ2) is 14.0. The first kappa shape index (κ1) is 30.6. The Balaban J connectivity index is 1.54. The van der Waals surface area contributed by atoms with Crippen molar-refractivity contribution in [2.45, 2.75) is 79.3 Å². The number of hydrogen-bond donors (Lipinski definition) is 0. The number of rotatable bonds is 6. The molecular formula is C32H46N6O3. The fourth-order valence-corrected chi connectivity index (χ4v) is 6.18. The molecule has 4 rings (SSSR count). The molecule has 1 aromatic heterocycles. The molecule has 3 heterocycles. The predicted molar refractivity (Wildman–Crippen MR) is 160 cm³/mol. The van der Waals surface area contributed by atoms with Gasteiger partial charge < -0.3 is 19.6 Å². The van der Waals surface area contributed by atoms with Gasteiger partial charge in [-0.15, -0.1) is 0 Å². The monoisotopic (exact) mass is 562 g/mol. The summed E-state index contributed by atoms with van der Waals surface area (Å²) in [7, 11) is 0. The van der Waals surface area contributed by atoms with Gasteiger partial charge in [-0.3, -0.25) is 14.4 Å². The largest absolute Gasteiger partial charge is 0.337 e. The molecule has 0 saturated carbocycles. The smallest absolute Gasteiger partial charge is 0.223 e. The van der Waals surface area contributed by atoms with Crippen molar-refractivity contribution in [3.05, 3.63) is 53.1 Å². The molecule has 1 fully saturated rings. The minimum atomic E-state index is -0.0257. The summed E-state index contributed by atoms with van der Waals surface area (Å²) >= 11 is 0. The third-order valence-electron chi connectivity index (χ3n) is 8.05. The van der Waals surface area contributed by atoms with Crippen LogP contribution in [-0.4, -0.2) is 81.7 Å². The molecule has 0 spiro atoms. The van der Waals surface area contributed by atoms with E-state index in [0.717, 1.165) is 68.1 Å². The summed E-state index contributed by atoms with van der Waals surface area (Å²) in [6.45, 7) is 14.7. The Kier molecular flexibility index (Phi) is 10.5. The summed E-state index contributed by atoms with van der Waals surface area (Å²) < 4.78 is 0. The van der Waals surface area contributed by atoms with Crippen LogP contribution in [0.1, 0.15) is 82.2 Å². The first-order chi connectivity index (χ1) is 19.6. The molecule has 41 heavy (non-hydrogen) atoms. The van der Waals surface area contributed by atoms with Crippen LogP contribution in [0.5, 0.6) is 0 Å². The molecule has 1 unspecified atom stereocenters. The third kappa shape index (κ3) is 8.12. The van der Waals surface area contributed by atoms with Gasteiger partial charge in [0.2, 0.25) is 17.7 Å². The van der Waals surface area contributed by atoms with E-state index in [0.29, 0.717) is 44.2 Å². The maximum atomic E-state index is 13.8. The lowest BCUT2D eigenvalue weighted by molar-refractivity contribution is -0.132. The molecule has 222 valence electrons. The number of para-hydroxylation sites is 1. The average molecular weight is 563 g/mol. The minimum absolute atomic E-state index is 0.0190. The molecule has 1 saturated heterocycles. The maximum Gasteiger partial charge on any atom is 0.223 e. The highest BCUT2D eigenvalue weighted by Crippen LogP contribution is 2.31. The summed E-state index contributed by atoms with van der Waals surface area (Å²) in [6, 6.07) is 9.90. The molecule has 0 N–H and O–H groups in total.